The molecule has 1 aromatic rings. The molecule has 2 unspecified atom stereocenters. The quantitative estimate of drug-likeness (QED) is 0.688. The van der Waals surface area contributed by atoms with E-state index in [1.165, 1.54) is 31.4 Å². The number of rotatable bonds is 10. The first-order chi connectivity index (χ1) is 9.28. The van der Waals surface area contributed by atoms with E-state index in [2.05, 4.69) is 48.9 Å². The van der Waals surface area contributed by atoms with Crippen LogP contribution in [0.2, 0.25) is 0 Å². The lowest BCUT2D eigenvalue weighted by molar-refractivity contribution is 0.310. The molecule has 1 heterocycles. The average Bonchev–Trinajstić information content (AvgIpc) is 2.86. The van der Waals surface area contributed by atoms with Gasteiger partial charge in [-0.1, -0.05) is 47.0 Å². The van der Waals surface area contributed by atoms with E-state index in [0.29, 0.717) is 12.0 Å². The predicted molar refractivity (Wildman–Crippen MR) is 82.2 cm³/mol. The number of hydrogen-bond acceptors (Lipinski definition) is 2. The van der Waals surface area contributed by atoms with Crippen molar-refractivity contribution in [3.8, 4) is 0 Å². The third-order valence-electron chi connectivity index (χ3n) is 3.85. The van der Waals surface area contributed by atoms with Crippen LogP contribution in [0.5, 0.6) is 0 Å². The number of hydrogen-bond donors (Lipinski definition) is 1. The van der Waals surface area contributed by atoms with E-state index in [4.69, 9.17) is 0 Å². The van der Waals surface area contributed by atoms with Crippen molar-refractivity contribution in [1.29, 1.82) is 0 Å². The molecule has 110 valence electrons. The second-order valence-corrected chi connectivity index (χ2v) is 5.33. The van der Waals surface area contributed by atoms with E-state index < -0.39 is 0 Å². The van der Waals surface area contributed by atoms with Gasteiger partial charge in [-0.15, -0.1) is 0 Å². The Morgan fingerprint density at radius 2 is 2.00 bits per heavy atom. The van der Waals surface area contributed by atoms with Crippen molar-refractivity contribution >= 4 is 0 Å². The molecule has 0 aliphatic rings. The molecule has 19 heavy (non-hydrogen) atoms. The Labute approximate surface area is 118 Å². The van der Waals surface area contributed by atoms with Gasteiger partial charge in [-0.05, 0) is 31.4 Å². The molecule has 0 saturated heterocycles. The number of nitrogens with zero attached hydrogens (tertiary/aromatic N) is 2. The van der Waals surface area contributed by atoms with Gasteiger partial charge in [-0.3, -0.25) is 4.68 Å². The summed E-state index contributed by atoms with van der Waals surface area (Å²) in [6, 6.07) is 2.65. The van der Waals surface area contributed by atoms with E-state index >= 15 is 0 Å². The highest BCUT2D eigenvalue weighted by molar-refractivity contribution is 5.08. The van der Waals surface area contributed by atoms with Gasteiger partial charge in [-0.25, -0.2) is 0 Å². The Hall–Kier alpha value is -0.830. The van der Waals surface area contributed by atoms with Gasteiger partial charge in [0.15, 0.2) is 0 Å². The van der Waals surface area contributed by atoms with Gasteiger partial charge in [0.2, 0.25) is 0 Å². The van der Waals surface area contributed by atoms with Gasteiger partial charge in [0.25, 0.3) is 0 Å². The van der Waals surface area contributed by atoms with Gasteiger partial charge in [0.1, 0.15) is 0 Å². The lowest BCUT2D eigenvalue weighted by atomic mass is 9.89. The van der Waals surface area contributed by atoms with Gasteiger partial charge in [0, 0.05) is 12.7 Å². The van der Waals surface area contributed by atoms with E-state index in [1.807, 2.05) is 6.20 Å². The maximum atomic E-state index is 4.48. The van der Waals surface area contributed by atoms with Crippen LogP contribution in [0.15, 0.2) is 12.3 Å². The zero-order valence-corrected chi connectivity index (χ0v) is 13.2. The Morgan fingerprint density at radius 3 is 2.58 bits per heavy atom. The minimum absolute atomic E-state index is 0.454. The van der Waals surface area contributed by atoms with E-state index in [1.54, 1.807) is 0 Å². The first kappa shape index (κ1) is 16.2. The van der Waals surface area contributed by atoms with Crippen molar-refractivity contribution in [2.24, 2.45) is 5.92 Å². The smallest absolute Gasteiger partial charge is 0.0556 e. The van der Waals surface area contributed by atoms with Crippen LogP contribution in [-0.4, -0.2) is 16.3 Å². The molecular formula is C16H31N3. The normalized spacial score (nSPS) is 14.5. The average molecular weight is 265 g/mol. The molecule has 3 heteroatoms. The third-order valence-corrected chi connectivity index (χ3v) is 3.85. The second kappa shape index (κ2) is 9.13. The van der Waals surface area contributed by atoms with Crippen LogP contribution < -0.4 is 5.32 Å². The molecular weight excluding hydrogens is 234 g/mol. The molecule has 0 fully saturated rings. The molecule has 0 amide bonds. The molecule has 1 rings (SSSR count). The van der Waals surface area contributed by atoms with Crippen LogP contribution in [0, 0.1) is 5.92 Å². The topological polar surface area (TPSA) is 29.9 Å². The molecule has 0 radical (unpaired) electrons. The molecule has 0 aliphatic heterocycles. The van der Waals surface area contributed by atoms with Crippen molar-refractivity contribution in [1.82, 2.24) is 15.1 Å². The Balaban J connectivity index is 2.86. The monoisotopic (exact) mass is 265 g/mol. The van der Waals surface area contributed by atoms with Gasteiger partial charge >= 0.3 is 0 Å². The summed E-state index contributed by atoms with van der Waals surface area (Å²) in [7, 11) is 0. The molecule has 0 bridgehead atoms. The summed E-state index contributed by atoms with van der Waals surface area (Å²) in [6.45, 7) is 11.0. The summed E-state index contributed by atoms with van der Waals surface area (Å²) in [5.74, 6) is 0.715. The van der Waals surface area contributed by atoms with Crippen LogP contribution in [0.1, 0.15) is 71.5 Å². The highest BCUT2D eigenvalue weighted by atomic mass is 15.3. The van der Waals surface area contributed by atoms with Crippen LogP contribution >= 0.6 is 0 Å². The van der Waals surface area contributed by atoms with E-state index in [0.717, 1.165) is 19.5 Å². The minimum Gasteiger partial charge on any atom is -0.309 e. The molecule has 2 atom stereocenters. The zero-order chi connectivity index (χ0) is 14.1. The SMILES string of the molecule is CCCCC(CC)C(NCC)c1ccnn1CCC. The molecule has 0 aliphatic carbocycles. The maximum Gasteiger partial charge on any atom is 0.0556 e. The zero-order valence-electron chi connectivity index (χ0n) is 13.2. The highest BCUT2D eigenvalue weighted by Gasteiger charge is 2.23. The van der Waals surface area contributed by atoms with Crippen molar-refractivity contribution in [3.05, 3.63) is 18.0 Å². The largest absolute Gasteiger partial charge is 0.309 e. The third kappa shape index (κ3) is 4.64. The fourth-order valence-corrected chi connectivity index (χ4v) is 2.81. The van der Waals surface area contributed by atoms with Crippen LogP contribution in [0.25, 0.3) is 0 Å². The van der Waals surface area contributed by atoms with Gasteiger partial charge in [-0.2, -0.15) is 5.10 Å². The Morgan fingerprint density at radius 1 is 1.21 bits per heavy atom. The standard InChI is InChI=1S/C16H31N3/c1-5-9-10-14(7-3)16(17-8-4)15-11-12-18-19(15)13-6-2/h11-12,14,16-17H,5-10,13H2,1-4H3. The first-order valence-electron chi connectivity index (χ1n) is 8.03. The number of nitrogens with one attached hydrogen (secondary N) is 1. The van der Waals surface area contributed by atoms with E-state index in [-0.39, 0.29) is 0 Å². The van der Waals surface area contributed by atoms with Gasteiger partial charge < -0.3 is 5.32 Å². The predicted octanol–water partition coefficient (Wildman–Crippen LogP) is 4.16. The molecule has 0 saturated carbocycles. The molecule has 1 aromatic heterocycles. The van der Waals surface area contributed by atoms with Crippen molar-refractivity contribution in [2.75, 3.05) is 6.54 Å². The summed E-state index contributed by atoms with van der Waals surface area (Å²) < 4.78 is 2.18. The fraction of sp³-hybridized carbons (Fsp3) is 0.812. The Kier molecular flexibility index (Phi) is 7.80. The fourth-order valence-electron chi connectivity index (χ4n) is 2.81. The summed E-state index contributed by atoms with van der Waals surface area (Å²) in [6.07, 6.45) is 8.23. The second-order valence-electron chi connectivity index (χ2n) is 5.33. The van der Waals surface area contributed by atoms with E-state index in [9.17, 15) is 0 Å². The molecule has 3 nitrogen and oxygen atoms in total. The van der Waals surface area contributed by atoms with Crippen LogP contribution in [-0.2, 0) is 6.54 Å². The molecule has 0 aromatic carbocycles. The van der Waals surface area contributed by atoms with Crippen molar-refractivity contribution in [2.45, 2.75) is 72.4 Å². The minimum atomic E-state index is 0.454. The first-order valence-corrected chi connectivity index (χ1v) is 8.03. The number of aryl methyl sites for hydroxylation is 1. The summed E-state index contributed by atoms with van der Waals surface area (Å²) in [4.78, 5) is 0. The summed E-state index contributed by atoms with van der Waals surface area (Å²) >= 11 is 0. The lowest BCUT2D eigenvalue weighted by Crippen LogP contribution is -2.30. The number of unbranched alkanes of at least 4 members (excludes halogenated alkanes) is 1. The number of aromatic nitrogens is 2. The maximum absolute atomic E-state index is 4.48. The van der Waals surface area contributed by atoms with Gasteiger partial charge in [0.05, 0.1) is 11.7 Å². The van der Waals surface area contributed by atoms with Crippen molar-refractivity contribution in [3.63, 3.8) is 0 Å². The highest BCUT2D eigenvalue weighted by Crippen LogP contribution is 2.29. The lowest BCUT2D eigenvalue weighted by Gasteiger charge is -2.28. The molecule has 1 N–H and O–H groups in total. The molecule has 0 spiro atoms. The Bertz CT molecular complexity index is 332. The summed E-state index contributed by atoms with van der Waals surface area (Å²) in [5.41, 5.74) is 1.37. The summed E-state index contributed by atoms with van der Waals surface area (Å²) in [5, 5.41) is 8.17. The van der Waals surface area contributed by atoms with Crippen LogP contribution in [0.4, 0.5) is 0 Å². The van der Waals surface area contributed by atoms with Crippen LogP contribution in [0.3, 0.4) is 0 Å². The van der Waals surface area contributed by atoms with Crippen molar-refractivity contribution < 1.29 is 0 Å².